The Morgan fingerprint density at radius 1 is 1.19 bits per heavy atom. The zero-order valence-electron chi connectivity index (χ0n) is 14.6. The molecule has 7 nitrogen and oxygen atoms in total. The Labute approximate surface area is 163 Å². The molecule has 0 amide bonds. The lowest BCUT2D eigenvalue weighted by Crippen LogP contribution is -2.11. The molecule has 1 aromatic heterocycles. The zero-order chi connectivity index (χ0) is 19.6. The van der Waals surface area contributed by atoms with Crippen molar-refractivity contribution in [1.82, 2.24) is 9.78 Å². The van der Waals surface area contributed by atoms with E-state index in [9.17, 15) is 14.9 Å². The first kappa shape index (κ1) is 18.8. The molecule has 0 radical (unpaired) electrons. The van der Waals surface area contributed by atoms with Crippen molar-refractivity contribution < 1.29 is 14.5 Å². The largest absolute Gasteiger partial charge is 0.404 e. The van der Waals surface area contributed by atoms with Crippen molar-refractivity contribution >= 4 is 27.6 Å². The van der Waals surface area contributed by atoms with Crippen molar-refractivity contribution in [2.75, 3.05) is 0 Å². The van der Waals surface area contributed by atoms with Crippen LogP contribution in [0.25, 0.3) is 5.69 Å². The molecule has 0 aliphatic rings. The molecule has 0 fully saturated rings. The first-order valence-corrected chi connectivity index (χ1v) is 8.97. The molecule has 138 valence electrons. The van der Waals surface area contributed by atoms with Crippen molar-refractivity contribution in [2.24, 2.45) is 0 Å². The van der Waals surface area contributed by atoms with Gasteiger partial charge in [-0.15, -0.1) is 0 Å². The van der Waals surface area contributed by atoms with E-state index in [4.69, 9.17) is 4.74 Å². The minimum absolute atomic E-state index is 0.0253. The summed E-state index contributed by atoms with van der Waals surface area (Å²) in [6, 6.07) is 14.5. The summed E-state index contributed by atoms with van der Waals surface area (Å²) in [5, 5.41) is 15.3. The molecule has 27 heavy (non-hydrogen) atoms. The standard InChI is InChI=1S/C19H16BrN3O4/c1-12(2)17-11-18(27-19(24)13-4-3-5-14(20)10-13)22(21-17)15-6-8-16(9-7-15)23(25)26/h3-12H,1-2H3. The number of hydrogen-bond acceptors (Lipinski definition) is 5. The van der Waals surface area contributed by atoms with E-state index in [1.807, 2.05) is 19.9 Å². The number of non-ortho nitro benzene ring substituents is 1. The van der Waals surface area contributed by atoms with Gasteiger partial charge in [0.05, 0.1) is 21.9 Å². The number of nitro groups is 1. The lowest BCUT2D eigenvalue weighted by atomic mass is 10.1. The summed E-state index contributed by atoms with van der Waals surface area (Å²) in [6.45, 7) is 3.95. The summed E-state index contributed by atoms with van der Waals surface area (Å²) in [5.41, 5.74) is 1.67. The second kappa shape index (κ2) is 7.71. The summed E-state index contributed by atoms with van der Waals surface area (Å²) >= 11 is 3.33. The lowest BCUT2D eigenvalue weighted by molar-refractivity contribution is -0.384. The molecule has 8 heteroatoms. The number of nitrogens with zero attached hydrogens (tertiary/aromatic N) is 3. The molecule has 0 spiro atoms. The summed E-state index contributed by atoms with van der Waals surface area (Å²) in [6.07, 6.45) is 0. The molecule has 2 aromatic carbocycles. The topological polar surface area (TPSA) is 87.3 Å². The highest BCUT2D eigenvalue weighted by Gasteiger charge is 2.18. The van der Waals surface area contributed by atoms with Crippen LogP contribution in [0.1, 0.15) is 35.8 Å². The van der Waals surface area contributed by atoms with Crippen LogP contribution in [0.5, 0.6) is 5.88 Å². The van der Waals surface area contributed by atoms with Crippen molar-refractivity contribution in [3.8, 4) is 11.6 Å². The van der Waals surface area contributed by atoms with Crippen LogP contribution in [-0.2, 0) is 0 Å². The van der Waals surface area contributed by atoms with E-state index in [0.29, 0.717) is 11.3 Å². The van der Waals surface area contributed by atoms with Gasteiger partial charge in [-0.2, -0.15) is 5.10 Å². The van der Waals surface area contributed by atoms with Gasteiger partial charge in [-0.25, -0.2) is 9.48 Å². The van der Waals surface area contributed by atoms with E-state index >= 15 is 0 Å². The summed E-state index contributed by atoms with van der Waals surface area (Å²) in [7, 11) is 0. The Morgan fingerprint density at radius 2 is 1.89 bits per heavy atom. The average molecular weight is 430 g/mol. The van der Waals surface area contributed by atoms with Crippen LogP contribution in [-0.4, -0.2) is 20.7 Å². The molecule has 0 atom stereocenters. The molecule has 3 aromatic rings. The molecule has 0 bridgehead atoms. The predicted molar refractivity (Wildman–Crippen MR) is 103 cm³/mol. The fraction of sp³-hybridized carbons (Fsp3) is 0.158. The van der Waals surface area contributed by atoms with Crippen molar-refractivity contribution in [2.45, 2.75) is 19.8 Å². The van der Waals surface area contributed by atoms with Crippen molar-refractivity contribution in [3.05, 3.63) is 80.4 Å². The van der Waals surface area contributed by atoms with Crippen LogP contribution in [0.2, 0.25) is 0 Å². The van der Waals surface area contributed by atoms with E-state index in [1.165, 1.54) is 16.8 Å². The maximum atomic E-state index is 12.5. The van der Waals surface area contributed by atoms with Crippen LogP contribution >= 0.6 is 15.9 Å². The normalized spacial score (nSPS) is 10.8. The Hall–Kier alpha value is -3.00. The van der Waals surface area contributed by atoms with Gasteiger partial charge < -0.3 is 4.74 Å². The molecular weight excluding hydrogens is 414 g/mol. The Bertz CT molecular complexity index is 996. The molecule has 0 aliphatic carbocycles. The van der Waals surface area contributed by atoms with Gasteiger partial charge in [-0.3, -0.25) is 10.1 Å². The Morgan fingerprint density at radius 3 is 2.48 bits per heavy atom. The van der Waals surface area contributed by atoms with E-state index in [2.05, 4.69) is 21.0 Å². The average Bonchev–Trinajstić information content (AvgIpc) is 3.06. The van der Waals surface area contributed by atoms with Gasteiger partial charge >= 0.3 is 5.97 Å². The molecule has 0 aliphatic heterocycles. The highest BCUT2D eigenvalue weighted by atomic mass is 79.9. The number of benzene rings is 2. The number of rotatable bonds is 5. The fourth-order valence-electron chi connectivity index (χ4n) is 2.41. The molecule has 0 saturated heterocycles. The third kappa shape index (κ3) is 4.22. The number of carbonyl (C=O) groups is 1. The van der Waals surface area contributed by atoms with E-state index in [0.717, 1.165) is 10.2 Å². The van der Waals surface area contributed by atoms with Gasteiger partial charge in [0, 0.05) is 22.7 Å². The number of nitro benzene ring substituents is 1. The van der Waals surface area contributed by atoms with Crippen LogP contribution in [0.3, 0.4) is 0 Å². The molecule has 1 heterocycles. The number of carbonyl (C=O) groups excluding carboxylic acids is 1. The molecule has 0 unspecified atom stereocenters. The maximum absolute atomic E-state index is 12.5. The van der Waals surface area contributed by atoms with Gasteiger partial charge in [0.15, 0.2) is 0 Å². The lowest BCUT2D eigenvalue weighted by Gasteiger charge is -2.08. The summed E-state index contributed by atoms with van der Waals surface area (Å²) in [5.74, 6) is -0.153. The maximum Gasteiger partial charge on any atom is 0.344 e. The third-order valence-corrected chi connectivity index (χ3v) is 4.34. The molecule has 3 rings (SSSR count). The Kier molecular flexibility index (Phi) is 5.36. The van der Waals surface area contributed by atoms with E-state index in [-0.39, 0.29) is 17.5 Å². The van der Waals surface area contributed by atoms with Gasteiger partial charge in [0.1, 0.15) is 0 Å². The predicted octanol–water partition coefficient (Wildman–Crippen LogP) is 4.89. The zero-order valence-corrected chi connectivity index (χ0v) is 16.2. The molecule has 0 saturated carbocycles. The van der Waals surface area contributed by atoms with Crippen LogP contribution < -0.4 is 4.74 Å². The Balaban J connectivity index is 1.97. The van der Waals surface area contributed by atoms with E-state index < -0.39 is 10.9 Å². The number of hydrogen-bond donors (Lipinski definition) is 0. The first-order chi connectivity index (χ1) is 12.8. The highest BCUT2D eigenvalue weighted by Crippen LogP contribution is 2.26. The highest BCUT2D eigenvalue weighted by molar-refractivity contribution is 9.10. The summed E-state index contributed by atoms with van der Waals surface area (Å²) < 4.78 is 7.79. The number of halogens is 1. The SMILES string of the molecule is CC(C)c1cc(OC(=O)c2cccc(Br)c2)n(-c2ccc([N+](=O)[O-])cc2)n1. The minimum Gasteiger partial charge on any atom is -0.404 e. The van der Waals surface area contributed by atoms with Gasteiger partial charge in [-0.05, 0) is 36.2 Å². The fourth-order valence-corrected chi connectivity index (χ4v) is 2.81. The van der Waals surface area contributed by atoms with Gasteiger partial charge in [0.25, 0.3) is 5.69 Å². The van der Waals surface area contributed by atoms with Crippen molar-refractivity contribution in [1.29, 1.82) is 0 Å². The van der Waals surface area contributed by atoms with Crippen LogP contribution in [0, 0.1) is 10.1 Å². The second-order valence-electron chi connectivity index (χ2n) is 6.15. The van der Waals surface area contributed by atoms with Gasteiger partial charge in [-0.1, -0.05) is 35.8 Å². The first-order valence-electron chi connectivity index (χ1n) is 8.17. The monoisotopic (exact) mass is 429 g/mol. The quantitative estimate of drug-likeness (QED) is 0.327. The van der Waals surface area contributed by atoms with Crippen molar-refractivity contribution in [3.63, 3.8) is 0 Å². The van der Waals surface area contributed by atoms with E-state index in [1.54, 1.807) is 36.4 Å². The third-order valence-electron chi connectivity index (χ3n) is 3.85. The smallest absolute Gasteiger partial charge is 0.344 e. The number of ether oxygens (including phenoxy) is 1. The van der Waals surface area contributed by atoms with Crippen LogP contribution in [0.15, 0.2) is 59.1 Å². The molecule has 0 N–H and O–H groups in total. The summed E-state index contributed by atoms with van der Waals surface area (Å²) in [4.78, 5) is 22.9. The van der Waals surface area contributed by atoms with Crippen LogP contribution in [0.4, 0.5) is 5.69 Å². The number of aromatic nitrogens is 2. The van der Waals surface area contributed by atoms with Gasteiger partial charge in [0.2, 0.25) is 5.88 Å². The number of esters is 1. The molecular formula is C19H16BrN3O4. The minimum atomic E-state index is -0.519. The second-order valence-corrected chi connectivity index (χ2v) is 7.06.